The van der Waals surface area contributed by atoms with E-state index in [0.29, 0.717) is 34.9 Å². The second kappa shape index (κ2) is 10.0. The smallest absolute Gasteiger partial charge is 0.380 e. The van der Waals surface area contributed by atoms with E-state index in [4.69, 9.17) is 13.9 Å². The first kappa shape index (κ1) is 22.0. The summed E-state index contributed by atoms with van der Waals surface area (Å²) in [5.41, 5.74) is 1.07. The molecule has 2 heterocycles. The number of hydrogen-bond donors (Lipinski definition) is 2. The Morgan fingerprint density at radius 3 is 2.56 bits per heavy atom. The van der Waals surface area contributed by atoms with E-state index in [1.54, 1.807) is 24.3 Å². The first-order valence-electron chi connectivity index (χ1n) is 11.7. The number of ether oxygens (including phenoxy) is 2. The second-order valence-electron chi connectivity index (χ2n) is 8.50. The molecule has 0 radical (unpaired) electrons. The second-order valence-corrected chi connectivity index (χ2v) is 8.50. The van der Waals surface area contributed by atoms with Crippen LogP contribution < -0.4 is 20.4 Å². The van der Waals surface area contributed by atoms with Crippen molar-refractivity contribution in [2.24, 2.45) is 0 Å². The minimum absolute atomic E-state index is 0.0227. The summed E-state index contributed by atoms with van der Waals surface area (Å²) in [4.78, 5) is 12.9. The van der Waals surface area contributed by atoms with E-state index < -0.39 is 5.63 Å². The molecule has 1 aliphatic heterocycles. The van der Waals surface area contributed by atoms with Crippen LogP contribution in [0.25, 0.3) is 22.1 Å². The number of rotatable bonds is 7. The van der Waals surface area contributed by atoms with Gasteiger partial charge in [-0.25, -0.2) is 4.79 Å². The zero-order valence-electron chi connectivity index (χ0n) is 18.8. The van der Waals surface area contributed by atoms with Crippen molar-refractivity contribution in [3.63, 3.8) is 0 Å². The van der Waals surface area contributed by atoms with Crippen LogP contribution in [-0.4, -0.2) is 24.3 Å². The van der Waals surface area contributed by atoms with Crippen molar-refractivity contribution in [1.29, 1.82) is 0 Å². The van der Waals surface area contributed by atoms with Crippen LogP contribution in [-0.2, 0) is 0 Å². The maximum Gasteiger partial charge on any atom is 0.380 e. The maximum absolute atomic E-state index is 12.9. The Morgan fingerprint density at radius 1 is 0.971 bits per heavy atom. The molecular weight excluding hydrogens is 430 g/mol. The lowest BCUT2D eigenvalue weighted by Crippen LogP contribution is -2.35. The molecule has 1 aromatic heterocycles. The Morgan fingerprint density at radius 2 is 1.79 bits per heavy atom. The van der Waals surface area contributed by atoms with E-state index in [-0.39, 0.29) is 11.5 Å². The lowest BCUT2D eigenvalue weighted by Gasteiger charge is -2.23. The van der Waals surface area contributed by atoms with Crippen molar-refractivity contribution in [3.05, 3.63) is 83.2 Å². The van der Waals surface area contributed by atoms with Crippen LogP contribution in [0.4, 0.5) is 0 Å². The summed E-state index contributed by atoms with van der Waals surface area (Å²) in [5.74, 6) is 1.43. The maximum atomic E-state index is 12.9. The highest BCUT2D eigenvalue weighted by molar-refractivity contribution is 5.97. The lowest BCUT2D eigenvalue weighted by atomic mass is 10.0. The van der Waals surface area contributed by atoms with Crippen molar-refractivity contribution in [2.45, 2.75) is 31.7 Å². The molecule has 34 heavy (non-hydrogen) atoms. The first-order chi connectivity index (χ1) is 16.7. The van der Waals surface area contributed by atoms with Crippen LogP contribution in [0.15, 0.2) is 82.0 Å². The Labute approximate surface area is 197 Å². The molecule has 0 bridgehead atoms. The zero-order valence-corrected chi connectivity index (χ0v) is 18.8. The molecular formula is C28H27NO5. The van der Waals surface area contributed by atoms with E-state index in [1.165, 1.54) is 25.3 Å². The van der Waals surface area contributed by atoms with Gasteiger partial charge in [0, 0.05) is 23.1 Å². The number of piperidine rings is 1. The molecule has 0 spiro atoms. The largest absolute Gasteiger partial charge is 0.508 e. The highest BCUT2D eigenvalue weighted by Crippen LogP contribution is 2.38. The van der Waals surface area contributed by atoms with Gasteiger partial charge in [0.05, 0.1) is 6.61 Å². The summed E-state index contributed by atoms with van der Waals surface area (Å²) in [7, 11) is 0. The zero-order chi connectivity index (χ0) is 23.3. The molecule has 0 saturated carbocycles. The van der Waals surface area contributed by atoms with Gasteiger partial charge in [0.15, 0.2) is 0 Å². The van der Waals surface area contributed by atoms with E-state index in [0.717, 1.165) is 24.3 Å². The van der Waals surface area contributed by atoms with Gasteiger partial charge < -0.3 is 24.3 Å². The van der Waals surface area contributed by atoms with E-state index >= 15 is 0 Å². The van der Waals surface area contributed by atoms with Crippen LogP contribution >= 0.6 is 0 Å². The molecule has 0 aliphatic carbocycles. The fourth-order valence-corrected chi connectivity index (χ4v) is 4.37. The highest BCUT2D eigenvalue weighted by Gasteiger charge is 2.19. The third kappa shape index (κ3) is 4.92. The third-order valence-electron chi connectivity index (χ3n) is 6.10. The van der Waals surface area contributed by atoms with Gasteiger partial charge in [-0.15, -0.1) is 0 Å². The number of phenols is 1. The van der Waals surface area contributed by atoms with Crippen LogP contribution in [0.5, 0.6) is 23.0 Å². The fraction of sp³-hybridized carbons (Fsp3) is 0.250. The molecule has 1 saturated heterocycles. The Kier molecular flexibility index (Phi) is 6.49. The summed E-state index contributed by atoms with van der Waals surface area (Å²) in [5, 5.41) is 14.1. The van der Waals surface area contributed by atoms with Crippen molar-refractivity contribution in [3.8, 4) is 34.1 Å². The summed E-state index contributed by atoms with van der Waals surface area (Å²) in [6.07, 6.45) is 4.70. The average Bonchev–Trinajstić information content (AvgIpc) is 2.86. The lowest BCUT2D eigenvalue weighted by molar-refractivity contribution is 0.268. The van der Waals surface area contributed by atoms with Crippen molar-refractivity contribution in [2.75, 3.05) is 13.2 Å². The van der Waals surface area contributed by atoms with Crippen LogP contribution in [0.2, 0.25) is 0 Å². The molecule has 1 unspecified atom stereocenters. The average molecular weight is 458 g/mol. The molecule has 3 aromatic carbocycles. The molecule has 0 amide bonds. The Bertz CT molecular complexity index is 1310. The van der Waals surface area contributed by atoms with E-state index in [2.05, 4.69) is 5.32 Å². The quantitative estimate of drug-likeness (QED) is 0.338. The van der Waals surface area contributed by atoms with Crippen molar-refractivity contribution < 1.29 is 19.0 Å². The molecule has 1 atom stereocenters. The number of benzene rings is 3. The number of phenolic OH excluding ortho intramolecular Hbond substituents is 1. The van der Waals surface area contributed by atoms with Crippen LogP contribution in [0.1, 0.15) is 25.7 Å². The number of aromatic hydroxyl groups is 1. The van der Waals surface area contributed by atoms with Gasteiger partial charge in [-0.2, -0.15) is 0 Å². The van der Waals surface area contributed by atoms with Gasteiger partial charge >= 0.3 is 5.63 Å². The summed E-state index contributed by atoms with van der Waals surface area (Å²) < 4.78 is 17.4. The summed E-state index contributed by atoms with van der Waals surface area (Å²) >= 11 is 0. The number of hydrogen-bond acceptors (Lipinski definition) is 6. The van der Waals surface area contributed by atoms with E-state index in [1.807, 2.05) is 42.5 Å². The minimum atomic E-state index is -0.614. The highest BCUT2D eigenvalue weighted by atomic mass is 16.5. The van der Waals surface area contributed by atoms with Crippen molar-refractivity contribution >= 4 is 11.0 Å². The molecule has 4 aromatic rings. The molecule has 1 aliphatic rings. The SMILES string of the molecule is O=c1oc2cc(O)ccc2c(-c2ccc(OCCC3CCCCN3)cc2)c1Oc1ccccc1. The fourth-order valence-electron chi connectivity index (χ4n) is 4.37. The number of para-hydroxylation sites is 1. The van der Waals surface area contributed by atoms with Crippen LogP contribution in [0.3, 0.4) is 0 Å². The van der Waals surface area contributed by atoms with Crippen LogP contribution in [0, 0.1) is 0 Å². The van der Waals surface area contributed by atoms with Gasteiger partial charge in [0.1, 0.15) is 22.8 Å². The predicted octanol–water partition coefficient (Wildman–Crippen LogP) is 5.87. The molecule has 1 fully saturated rings. The van der Waals surface area contributed by atoms with Gasteiger partial charge in [-0.3, -0.25) is 0 Å². The molecule has 2 N–H and O–H groups in total. The first-order valence-corrected chi connectivity index (χ1v) is 11.7. The van der Waals surface area contributed by atoms with Gasteiger partial charge in [0.25, 0.3) is 0 Å². The van der Waals surface area contributed by atoms with Crippen molar-refractivity contribution in [1.82, 2.24) is 5.32 Å². The number of nitrogens with one attached hydrogen (secondary N) is 1. The summed E-state index contributed by atoms with van der Waals surface area (Å²) in [6, 6.07) is 22.0. The number of fused-ring (bicyclic) bond motifs is 1. The Balaban J connectivity index is 1.45. The third-order valence-corrected chi connectivity index (χ3v) is 6.10. The minimum Gasteiger partial charge on any atom is -0.508 e. The molecule has 5 rings (SSSR count). The van der Waals surface area contributed by atoms with E-state index in [9.17, 15) is 9.90 Å². The standard InChI is InChI=1S/C28H27NO5/c30-21-11-14-24-25(18-21)34-28(31)27(33-23-7-2-1-3-8-23)26(24)19-9-12-22(13-10-19)32-17-15-20-6-4-5-16-29-20/h1-3,7-14,18,20,29-30H,4-6,15-17H2. The molecule has 6 heteroatoms. The molecule has 6 nitrogen and oxygen atoms in total. The summed E-state index contributed by atoms with van der Waals surface area (Å²) in [6.45, 7) is 1.74. The Hall–Kier alpha value is -3.77. The van der Waals surface area contributed by atoms with Gasteiger partial charge in [0.2, 0.25) is 5.75 Å². The monoisotopic (exact) mass is 457 g/mol. The van der Waals surface area contributed by atoms with Gasteiger partial charge in [-0.1, -0.05) is 36.8 Å². The van der Waals surface area contributed by atoms with Gasteiger partial charge in [-0.05, 0) is 67.8 Å². The topological polar surface area (TPSA) is 80.9 Å². The molecule has 174 valence electrons. The normalized spacial score (nSPS) is 15.8. The predicted molar refractivity (Wildman–Crippen MR) is 132 cm³/mol.